The topological polar surface area (TPSA) is 80.9 Å². The largest absolute Gasteiger partial charge is 0.477 e. The molecule has 0 aliphatic heterocycles. The zero-order valence-electron chi connectivity index (χ0n) is 9.19. The minimum Gasteiger partial charge on any atom is -0.477 e. The van der Waals surface area contributed by atoms with Crippen molar-refractivity contribution in [2.45, 2.75) is 0 Å². The minimum atomic E-state index is -1.07. The van der Waals surface area contributed by atoms with Crippen LogP contribution in [0.25, 0.3) is 16.7 Å². The SMILES string of the molecule is O=C(O)c1cc2cccnc2c(-n2ccnc2)n1. The van der Waals surface area contributed by atoms with Gasteiger partial charge in [-0.3, -0.25) is 9.55 Å². The molecule has 0 amide bonds. The van der Waals surface area contributed by atoms with E-state index in [0.717, 1.165) is 5.39 Å². The van der Waals surface area contributed by atoms with E-state index in [1.54, 1.807) is 41.6 Å². The Bertz CT molecular complexity index is 722. The van der Waals surface area contributed by atoms with Crippen molar-refractivity contribution in [1.82, 2.24) is 19.5 Å². The molecular weight excluding hydrogens is 232 g/mol. The lowest BCUT2D eigenvalue weighted by atomic mass is 10.2. The van der Waals surface area contributed by atoms with Crippen LogP contribution in [0.5, 0.6) is 0 Å². The van der Waals surface area contributed by atoms with E-state index in [1.807, 2.05) is 0 Å². The summed E-state index contributed by atoms with van der Waals surface area (Å²) in [6.07, 6.45) is 6.50. The maximum Gasteiger partial charge on any atom is 0.354 e. The summed E-state index contributed by atoms with van der Waals surface area (Å²) in [5.74, 6) is -0.606. The molecular formula is C12H8N4O2. The number of aromatic carboxylic acids is 1. The van der Waals surface area contributed by atoms with Crippen LogP contribution in [-0.4, -0.2) is 30.6 Å². The minimum absolute atomic E-state index is 0.0146. The van der Waals surface area contributed by atoms with E-state index in [1.165, 1.54) is 6.07 Å². The molecule has 0 saturated heterocycles. The van der Waals surface area contributed by atoms with Crippen LogP contribution in [-0.2, 0) is 0 Å². The number of aromatic nitrogens is 4. The highest BCUT2D eigenvalue weighted by atomic mass is 16.4. The number of hydrogen-bond donors (Lipinski definition) is 1. The second kappa shape index (κ2) is 3.92. The van der Waals surface area contributed by atoms with Crippen molar-refractivity contribution < 1.29 is 9.90 Å². The van der Waals surface area contributed by atoms with Gasteiger partial charge in [-0.25, -0.2) is 14.8 Å². The fourth-order valence-corrected chi connectivity index (χ4v) is 1.74. The van der Waals surface area contributed by atoms with Gasteiger partial charge in [0.1, 0.15) is 11.8 Å². The molecule has 0 spiro atoms. The van der Waals surface area contributed by atoms with Crippen LogP contribution in [0, 0.1) is 0 Å². The molecule has 6 nitrogen and oxygen atoms in total. The van der Waals surface area contributed by atoms with Crippen LogP contribution < -0.4 is 0 Å². The highest BCUT2D eigenvalue weighted by molar-refractivity contribution is 5.93. The Morgan fingerprint density at radius 1 is 1.33 bits per heavy atom. The third-order valence-electron chi connectivity index (χ3n) is 2.54. The van der Waals surface area contributed by atoms with Crippen LogP contribution in [0.3, 0.4) is 0 Å². The van der Waals surface area contributed by atoms with Crippen LogP contribution in [0.2, 0.25) is 0 Å². The second-order valence-corrected chi connectivity index (χ2v) is 3.68. The maximum absolute atomic E-state index is 11.1. The van der Waals surface area contributed by atoms with Gasteiger partial charge in [0.2, 0.25) is 0 Å². The van der Waals surface area contributed by atoms with E-state index in [9.17, 15) is 4.79 Å². The molecule has 3 heterocycles. The molecule has 0 aromatic carbocycles. The zero-order valence-corrected chi connectivity index (χ0v) is 9.19. The van der Waals surface area contributed by atoms with Crippen molar-refractivity contribution in [2.24, 2.45) is 0 Å². The number of carbonyl (C=O) groups is 1. The number of carboxylic acid groups (broad SMARTS) is 1. The Balaban J connectivity index is 2.37. The Hall–Kier alpha value is -2.76. The molecule has 0 aliphatic carbocycles. The molecule has 0 unspecified atom stereocenters. The lowest BCUT2D eigenvalue weighted by molar-refractivity contribution is 0.0690. The molecule has 0 bridgehead atoms. The Morgan fingerprint density at radius 2 is 2.22 bits per heavy atom. The van der Waals surface area contributed by atoms with Crippen molar-refractivity contribution in [3.63, 3.8) is 0 Å². The van der Waals surface area contributed by atoms with Crippen molar-refractivity contribution >= 4 is 16.9 Å². The highest BCUT2D eigenvalue weighted by Gasteiger charge is 2.12. The van der Waals surface area contributed by atoms with Gasteiger partial charge in [-0.2, -0.15) is 0 Å². The van der Waals surface area contributed by atoms with Gasteiger partial charge in [0.05, 0.1) is 0 Å². The van der Waals surface area contributed by atoms with E-state index >= 15 is 0 Å². The first-order chi connectivity index (χ1) is 8.75. The molecule has 0 saturated carbocycles. The van der Waals surface area contributed by atoms with Gasteiger partial charge in [-0.1, -0.05) is 6.07 Å². The van der Waals surface area contributed by atoms with Crippen molar-refractivity contribution in [2.75, 3.05) is 0 Å². The third kappa shape index (κ3) is 1.60. The first kappa shape index (κ1) is 10.4. The van der Waals surface area contributed by atoms with Crippen LogP contribution in [0.1, 0.15) is 10.5 Å². The summed E-state index contributed by atoms with van der Waals surface area (Å²) >= 11 is 0. The molecule has 1 N–H and O–H groups in total. The predicted molar refractivity (Wildman–Crippen MR) is 63.6 cm³/mol. The zero-order chi connectivity index (χ0) is 12.5. The van der Waals surface area contributed by atoms with Gasteiger partial charge in [-0.15, -0.1) is 0 Å². The van der Waals surface area contributed by atoms with Crippen molar-refractivity contribution in [3.05, 3.63) is 48.8 Å². The normalized spacial score (nSPS) is 10.7. The van der Waals surface area contributed by atoms with Crippen LogP contribution in [0.15, 0.2) is 43.1 Å². The summed E-state index contributed by atoms with van der Waals surface area (Å²) < 4.78 is 1.64. The van der Waals surface area contributed by atoms with E-state index in [4.69, 9.17) is 5.11 Å². The Labute approximate surface area is 102 Å². The second-order valence-electron chi connectivity index (χ2n) is 3.68. The Kier molecular flexibility index (Phi) is 2.26. The van der Waals surface area contributed by atoms with Crippen LogP contribution >= 0.6 is 0 Å². The molecule has 6 heteroatoms. The van der Waals surface area contributed by atoms with Gasteiger partial charge in [0.25, 0.3) is 0 Å². The first-order valence-electron chi connectivity index (χ1n) is 5.23. The molecule has 0 fully saturated rings. The van der Waals surface area contributed by atoms with Crippen molar-refractivity contribution in [1.29, 1.82) is 0 Å². The highest BCUT2D eigenvalue weighted by Crippen LogP contribution is 2.19. The number of imidazole rings is 1. The van der Waals surface area contributed by atoms with E-state index in [0.29, 0.717) is 11.3 Å². The number of pyridine rings is 2. The number of rotatable bonds is 2. The lowest BCUT2D eigenvalue weighted by Gasteiger charge is -2.06. The molecule has 0 atom stereocenters. The van der Waals surface area contributed by atoms with Crippen molar-refractivity contribution in [3.8, 4) is 5.82 Å². The molecule has 3 rings (SSSR count). The molecule has 88 valence electrons. The van der Waals surface area contributed by atoms with Gasteiger partial charge >= 0.3 is 5.97 Å². The number of carboxylic acids is 1. The van der Waals surface area contributed by atoms with Gasteiger partial charge in [0.15, 0.2) is 11.5 Å². The van der Waals surface area contributed by atoms with Crippen LogP contribution in [0.4, 0.5) is 0 Å². The average Bonchev–Trinajstić information content (AvgIpc) is 2.91. The predicted octanol–water partition coefficient (Wildman–Crippen LogP) is 1.51. The summed E-state index contributed by atoms with van der Waals surface area (Å²) in [4.78, 5) is 23.3. The summed E-state index contributed by atoms with van der Waals surface area (Å²) in [5, 5.41) is 9.79. The quantitative estimate of drug-likeness (QED) is 0.734. The fourth-order valence-electron chi connectivity index (χ4n) is 1.74. The third-order valence-corrected chi connectivity index (χ3v) is 2.54. The number of fused-ring (bicyclic) bond motifs is 1. The summed E-state index contributed by atoms with van der Waals surface area (Å²) in [7, 11) is 0. The Morgan fingerprint density at radius 3 is 2.94 bits per heavy atom. The maximum atomic E-state index is 11.1. The lowest BCUT2D eigenvalue weighted by Crippen LogP contribution is -2.05. The first-order valence-corrected chi connectivity index (χ1v) is 5.23. The average molecular weight is 240 g/mol. The molecule has 0 aliphatic rings. The van der Waals surface area contributed by atoms with E-state index in [2.05, 4.69) is 15.0 Å². The van der Waals surface area contributed by atoms with Gasteiger partial charge in [-0.05, 0) is 12.1 Å². The molecule has 3 aromatic rings. The number of nitrogens with zero attached hydrogens (tertiary/aromatic N) is 4. The molecule has 0 radical (unpaired) electrons. The monoisotopic (exact) mass is 240 g/mol. The van der Waals surface area contributed by atoms with E-state index < -0.39 is 5.97 Å². The van der Waals surface area contributed by atoms with Gasteiger partial charge < -0.3 is 5.11 Å². The summed E-state index contributed by atoms with van der Waals surface area (Å²) in [6, 6.07) is 5.06. The molecule has 3 aromatic heterocycles. The number of hydrogen-bond acceptors (Lipinski definition) is 4. The van der Waals surface area contributed by atoms with Gasteiger partial charge in [0, 0.05) is 24.0 Å². The smallest absolute Gasteiger partial charge is 0.354 e. The summed E-state index contributed by atoms with van der Waals surface area (Å²) in [5.41, 5.74) is 0.625. The van der Waals surface area contributed by atoms with E-state index in [-0.39, 0.29) is 5.69 Å². The summed E-state index contributed by atoms with van der Waals surface area (Å²) in [6.45, 7) is 0. The standard InChI is InChI=1S/C12H8N4O2/c17-12(18)9-6-8-2-1-3-14-10(8)11(15-9)16-5-4-13-7-16/h1-7H,(H,17,18). The fraction of sp³-hybridized carbons (Fsp3) is 0. The molecule has 18 heavy (non-hydrogen) atoms.